The first-order valence-electron chi connectivity index (χ1n) is 7.89. The van der Waals surface area contributed by atoms with E-state index in [1.807, 2.05) is 19.1 Å². The molecule has 0 unspecified atom stereocenters. The fourth-order valence-corrected chi connectivity index (χ4v) is 3.06. The summed E-state index contributed by atoms with van der Waals surface area (Å²) in [6, 6.07) is 7.07. The summed E-state index contributed by atoms with van der Waals surface area (Å²) in [6.07, 6.45) is 3.17. The summed E-state index contributed by atoms with van der Waals surface area (Å²) in [4.78, 5) is 28.3. The summed E-state index contributed by atoms with van der Waals surface area (Å²) in [5.41, 5.74) is 0.680. The minimum atomic E-state index is -0.337. The fraction of sp³-hybridized carbons (Fsp3) is 0.263. The second-order valence-electron chi connectivity index (χ2n) is 5.72. The van der Waals surface area contributed by atoms with Crippen molar-refractivity contribution < 1.29 is 19.1 Å². The van der Waals surface area contributed by atoms with Gasteiger partial charge in [0.05, 0.1) is 25.5 Å². The highest BCUT2D eigenvalue weighted by Crippen LogP contribution is 2.34. The Bertz CT molecular complexity index is 840. The molecule has 0 saturated carbocycles. The largest absolute Gasteiger partial charge is 0.493 e. The second-order valence-corrected chi connectivity index (χ2v) is 7.04. The number of amides is 2. The van der Waals surface area contributed by atoms with E-state index < -0.39 is 0 Å². The Labute approximate surface area is 157 Å². The van der Waals surface area contributed by atoms with Gasteiger partial charge in [-0.15, -0.1) is 11.3 Å². The molecule has 0 saturated heterocycles. The lowest BCUT2D eigenvalue weighted by molar-refractivity contribution is -0.111. The minimum Gasteiger partial charge on any atom is -0.493 e. The lowest BCUT2D eigenvalue weighted by Crippen LogP contribution is -2.24. The van der Waals surface area contributed by atoms with Crippen molar-refractivity contribution in [3.05, 3.63) is 45.7 Å². The Hall–Kier alpha value is -2.80. The highest BCUT2D eigenvalue weighted by molar-refractivity contribution is 7.12. The van der Waals surface area contributed by atoms with Crippen LogP contribution in [0.15, 0.2) is 30.3 Å². The topological polar surface area (TPSA) is 67.9 Å². The van der Waals surface area contributed by atoms with Gasteiger partial charge in [-0.1, -0.05) is 0 Å². The van der Waals surface area contributed by atoms with E-state index in [9.17, 15) is 9.59 Å². The SMILES string of the molecule is COc1cc(NC(=O)/C=C/c2ccc(C)s2)c(C(=O)N(C)C)cc1OC. The van der Waals surface area contributed by atoms with Crippen molar-refractivity contribution in [2.45, 2.75) is 6.92 Å². The number of ether oxygens (including phenoxy) is 2. The molecule has 6 nitrogen and oxygen atoms in total. The van der Waals surface area contributed by atoms with Crippen LogP contribution in [0.2, 0.25) is 0 Å². The zero-order chi connectivity index (χ0) is 19.3. The van der Waals surface area contributed by atoms with Gasteiger partial charge >= 0.3 is 0 Å². The molecule has 2 rings (SSSR count). The van der Waals surface area contributed by atoms with E-state index in [1.54, 1.807) is 43.6 Å². The van der Waals surface area contributed by atoms with Gasteiger partial charge in [-0.3, -0.25) is 9.59 Å². The van der Waals surface area contributed by atoms with Crippen LogP contribution >= 0.6 is 11.3 Å². The van der Waals surface area contributed by atoms with Crippen molar-refractivity contribution >= 4 is 34.9 Å². The number of benzene rings is 1. The van der Waals surface area contributed by atoms with Gasteiger partial charge in [0.15, 0.2) is 11.5 Å². The molecule has 0 atom stereocenters. The molecule has 2 aromatic rings. The Morgan fingerprint density at radius 2 is 1.77 bits per heavy atom. The number of hydrogen-bond donors (Lipinski definition) is 1. The molecule has 0 aliphatic carbocycles. The average molecular weight is 374 g/mol. The second kappa shape index (κ2) is 8.53. The molecule has 0 spiro atoms. The van der Waals surface area contributed by atoms with E-state index in [0.29, 0.717) is 22.7 Å². The van der Waals surface area contributed by atoms with Crippen molar-refractivity contribution in [3.8, 4) is 11.5 Å². The fourth-order valence-electron chi connectivity index (χ4n) is 2.28. The number of rotatable bonds is 6. The first-order chi connectivity index (χ1) is 12.3. The number of methoxy groups -OCH3 is 2. The van der Waals surface area contributed by atoms with E-state index >= 15 is 0 Å². The van der Waals surface area contributed by atoms with Crippen LogP contribution in [-0.2, 0) is 4.79 Å². The molecule has 1 heterocycles. The van der Waals surface area contributed by atoms with Crippen molar-refractivity contribution in [3.63, 3.8) is 0 Å². The maximum absolute atomic E-state index is 12.5. The number of carbonyl (C=O) groups excluding carboxylic acids is 2. The molecule has 0 bridgehead atoms. The molecular weight excluding hydrogens is 352 g/mol. The van der Waals surface area contributed by atoms with Gasteiger partial charge in [0.2, 0.25) is 5.91 Å². The van der Waals surface area contributed by atoms with Gasteiger partial charge < -0.3 is 19.7 Å². The quantitative estimate of drug-likeness (QED) is 0.787. The van der Waals surface area contributed by atoms with Gasteiger partial charge in [-0.05, 0) is 31.2 Å². The molecule has 0 fully saturated rings. The summed E-state index contributed by atoms with van der Waals surface area (Å²) in [5, 5.41) is 2.75. The Balaban J connectivity index is 2.32. The smallest absolute Gasteiger partial charge is 0.255 e. The average Bonchev–Trinajstić information content (AvgIpc) is 3.04. The summed E-state index contributed by atoms with van der Waals surface area (Å²) < 4.78 is 10.5. The Morgan fingerprint density at radius 3 is 2.31 bits per heavy atom. The third-order valence-electron chi connectivity index (χ3n) is 3.58. The van der Waals surface area contributed by atoms with Crippen molar-refractivity contribution in [1.82, 2.24) is 4.90 Å². The van der Waals surface area contributed by atoms with Crippen LogP contribution in [0.25, 0.3) is 6.08 Å². The number of hydrogen-bond acceptors (Lipinski definition) is 5. The molecule has 7 heteroatoms. The molecule has 0 radical (unpaired) electrons. The van der Waals surface area contributed by atoms with Gasteiger partial charge in [0.1, 0.15) is 0 Å². The van der Waals surface area contributed by atoms with E-state index in [4.69, 9.17) is 9.47 Å². The van der Waals surface area contributed by atoms with Gasteiger partial charge in [0, 0.05) is 36.0 Å². The first-order valence-corrected chi connectivity index (χ1v) is 8.70. The highest BCUT2D eigenvalue weighted by Gasteiger charge is 2.19. The van der Waals surface area contributed by atoms with Crippen molar-refractivity contribution in [1.29, 1.82) is 0 Å². The molecule has 1 N–H and O–H groups in total. The molecule has 1 aromatic carbocycles. The number of nitrogens with one attached hydrogen (secondary N) is 1. The first kappa shape index (κ1) is 19.5. The van der Waals surface area contributed by atoms with Gasteiger partial charge in [-0.25, -0.2) is 0 Å². The third-order valence-corrected chi connectivity index (χ3v) is 4.54. The monoisotopic (exact) mass is 374 g/mol. The molecule has 26 heavy (non-hydrogen) atoms. The third kappa shape index (κ3) is 4.64. The standard InChI is InChI=1S/C19H22N2O4S/c1-12-6-7-13(26-12)8-9-18(22)20-15-11-17(25-5)16(24-4)10-14(15)19(23)21(2)3/h6-11H,1-5H3,(H,20,22)/b9-8+. The molecule has 1 aromatic heterocycles. The molecular formula is C19H22N2O4S. The Kier molecular flexibility index (Phi) is 6.41. The highest BCUT2D eigenvalue weighted by atomic mass is 32.1. The summed E-state index contributed by atoms with van der Waals surface area (Å²) in [5.74, 6) is 0.256. The van der Waals surface area contributed by atoms with Crippen LogP contribution in [0.5, 0.6) is 11.5 Å². The number of nitrogens with zero attached hydrogens (tertiary/aromatic N) is 1. The van der Waals surface area contributed by atoms with Crippen LogP contribution in [0, 0.1) is 6.92 Å². The minimum absolute atomic E-state index is 0.251. The van der Waals surface area contributed by atoms with Crippen molar-refractivity contribution in [2.24, 2.45) is 0 Å². The lowest BCUT2D eigenvalue weighted by atomic mass is 10.1. The maximum Gasteiger partial charge on any atom is 0.255 e. The summed E-state index contributed by atoms with van der Waals surface area (Å²) in [7, 11) is 6.27. The van der Waals surface area contributed by atoms with Crippen LogP contribution < -0.4 is 14.8 Å². The predicted molar refractivity (Wildman–Crippen MR) is 104 cm³/mol. The number of anilines is 1. The van der Waals surface area contributed by atoms with E-state index in [-0.39, 0.29) is 11.8 Å². The van der Waals surface area contributed by atoms with Crippen LogP contribution in [-0.4, -0.2) is 45.0 Å². The van der Waals surface area contributed by atoms with Crippen LogP contribution in [0.3, 0.4) is 0 Å². The van der Waals surface area contributed by atoms with E-state index in [1.165, 1.54) is 30.1 Å². The number of carbonyl (C=O) groups is 2. The number of aryl methyl sites for hydroxylation is 1. The van der Waals surface area contributed by atoms with E-state index in [2.05, 4.69) is 5.32 Å². The van der Waals surface area contributed by atoms with Crippen LogP contribution in [0.1, 0.15) is 20.1 Å². The molecule has 138 valence electrons. The summed E-state index contributed by atoms with van der Waals surface area (Å²) in [6.45, 7) is 2.00. The molecule has 0 aliphatic rings. The zero-order valence-electron chi connectivity index (χ0n) is 15.5. The number of thiophene rings is 1. The van der Waals surface area contributed by atoms with E-state index in [0.717, 1.165) is 4.88 Å². The van der Waals surface area contributed by atoms with Gasteiger partial charge in [-0.2, -0.15) is 0 Å². The Morgan fingerprint density at radius 1 is 1.12 bits per heavy atom. The van der Waals surface area contributed by atoms with Gasteiger partial charge in [0.25, 0.3) is 5.91 Å². The summed E-state index contributed by atoms with van der Waals surface area (Å²) >= 11 is 1.59. The van der Waals surface area contributed by atoms with Crippen molar-refractivity contribution in [2.75, 3.05) is 33.6 Å². The van der Waals surface area contributed by atoms with Crippen LogP contribution in [0.4, 0.5) is 5.69 Å². The zero-order valence-corrected chi connectivity index (χ0v) is 16.3. The predicted octanol–water partition coefficient (Wildman–Crippen LogP) is 3.43. The normalized spacial score (nSPS) is 10.7. The lowest BCUT2D eigenvalue weighted by Gasteiger charge is -2.17. The maximum atomic E-state index is 12.5. The molecule has 2 amide bonds. The molecule has 0 aliphatic heterocycles.